The van der Waals surface area contributed by atoms with Gasteiger partial charge in [-0.2, -0.15) is 0 Å². The molecular weight excluding hydrogens is 524 g/mol. The van der Waals surface area contributed by atoms with E-state index >= 15 is 0 Å². The topological polar surface area (TPSA) is 143 Å². The van der Waals surface area contributed by atoms with Crippen LogP contribution in [-0.4, -0.2) is 53.8 Å². The van der Waals surface area contributed by atoms with Crippen LogP contribution < -0.4 is 21.3 Å². The van der Waals surface area contributed by atoms with Crippen molar-refractivity contribution in [3.05, 3.63) is 71.8 Å². The van der Waals surface area contributed by atoms with E-state index in [1.54, 1.807) is 27.7 Å². The highest BCUT2D eigenvalue weighted by atomic mass is 16.6. The van der Waals surface area contributed by atoms with E-state index in [1.165, 1.54) is 0 Å². The van der Waals surface area contributed by atoms with Crippen molar-refractivity contribution < 1.29 is 28.7 Å². The molecule has 0 unspecified atom stereocenters. The molecule has 41 heavy (non-hydrogen) atoms. The van der Waals surface area contributed by atoms with Crippen LogP contribution in [0.3, 0.4) is 0 Å². The Kier molecular flexibility index (Phi) is 13.5. The van der Waals surface area contributed by atoms with Crippen LogP contribution in [0.2, 0.25) is 0 Å². The smallest absolute Gasteiger partial charge is 0.408 e. The van der Waals surface area contributed by atoms with Crippen molar-refractivity contribution in [2.45, 2.75) is 84.7 Å². The third-order valence-corrected chi connectivity index (χ3v) is 6.21. The Morgan fingerprint density at radius 2 is 1.29 bits per heavy atom. The van der Waals surface area contributed by atoms with Crippen molar-refractivity contribution in [3.63, 3.8) is 0 Å². The molecule has 2 rings (SSSR count). The zero-order chi connectivity index (χ0) is 30.4. The van der Waals surface area contributed by atoms with Gasteiger partial charge in [0.1, 0.15) is 12.1 Å². The number of alkyl carbamates (subject to hydrolysis) is 1. The summed E-state index contributed by atoms with van der Waals surface area (Å²) in [6.07, 6.45) is -0.205. The minimum absolute atomic E-state index is 0.132. The van der Waals surface area contributed by atoms with E-state index in [9.17, 15) is 24.0 Å². The molecule has 0 aromatic heterocycles. The second kappa shape index (κ2) is 16.8. The van der Waals surface area contributed by atoms with Gasteiger partial charge in [-0.3, -0.25) is 19.2 Å². The van der Waals surface area contributed by atoms with Gasteiger partial charge in [0.05, 0.1) is 12.1 Å². The van der Waals surface area contributed by atoms with E-state index in [2.05, 4.69) is 21.3 Å². The van der Waals surface area contributed by atoms with Crippen LogP contribution in [0, 0.1) is 5.92 Å². The third kappa shape index (κ3) is 11.4. The maximum absolute atomic E-state index is 13.5. The molecule has 4 amide bonds. The lowest BCUT2D eigenvalue weighted by Crippen LogP contribution is -2.58. The Balaban J connectivity index is 2.19. The van der Waals surface area contributed by atoms with Crippen LogP contribution in [0.1, 0.15) is 58.6 Å². The summed E-state index contributed by atoms with van der Waals surface area (Å²) in [4.78, 5) is 64.7. The number of hydrogen-bond acceptors (Lipinski definition) is 6. The number of amides is 4. The lowest BCUT2D eigenvalue weighted by Gasteiger charge is -2.26. The summed E-state index contributed by atoms with van der Waals surface area (Å²) in [6, 6.07) is 15.1. The summed E-state index contributed by atoms with van der Waals surface area (Å²) >= 11 is 0. The Bertz CT molecular complexity index is 1150. The lowest BCUT2D eigenvalue weighted by atomic mass is 10.00. The fraction of sp³-hybridized carbons (Fsp3) is 0.452. The molecule has 0 saturated carbocycles. The summed E-state index contributed by atoms with van der Waals surface area (Å²) < 4.78 is 5.12. The van der Waals surface area contributed by atoms with Crippen molar-refractivity contribution in [3.8, 4) is 0 Å². The van der Waals surface area contributed by atoms with E-state index in [4.69, 9.17) is 4.74 Å². The van der Waals surface area contributed by atoms with Gasteiger partial charge in [0.15, 0.2) is 0 Å². The normalized spacial score (nSPS) is 13.0. The molecule has 2 aromatic carbocycles. The first-order chi connectivity index (χ1) is 19.5. The molecule has 2 aromatic rings. The van der Waals surface area contributed by atoms with Crippen LogP contribution in [0.25, 0.3) is 0 Å². The fourth-order valence-electron chi connectivity index (χ4n) is 4.08. The van der Waals surface area contributed by atoms with Crippen LogP contribution in [0.5, 0.6) is 0 Å². The molecule has 10 heteroatoms. The largest absolute Gasteiger partial charge is 0.447 e. The third-order valence-electron chi connectivity index (χ3n) is 6.21. The fourth-order valence-corrected chi connectivity index (χ4v) is 4.08. The average Bonchev–Trinajstić information content (AvgIpc) is 2.94. The summed E-state index contributed by atoms with van der Waals surface area (Å²) in [5.74, 6) is -3.06. The summed E-state index contributed by atoms with van der Waals surface area (Å²) in [7, 11) is 0. The van der Waals surface area contributed by atoms with E-state index in [1.807, 2.05) is 67.6 Å². The highest BCUT2D eigenvalue weighted by Crippen LogP contribution is 2.09. The predicted molar refractivity (Wildman–Crippen MR) is 156 cm³/mol. The van der Waals surface area contributed by atoms with Crippen LogP contribution >= 0.6 is 0 Å². The number of benzene rings is 2. The van der Waals surface area contributed by atoms with Gasteiger partial charge in [0.2, 0.25) is 17.6 Å². The quantitative estimate of drug-likeness (QED) is 0.244. The van der Waals surface area contributed by atoms with Gasteiger partial charge in [0.25, 0.3) is 5.91 Å². The molecule has 0 aliphatic carbocycles. The van der Waals surface area contributed by atoms with Gasteiger partial charge >= 0.3 is 6.09 Å². The Morgan fingerprint density at radius 3 is 1.83 bits per heavy atom. The SMILES string of the molecule is CCC[C@H](NC(=O)[C@H](Cc1ccccc1)NC(=O)[C@@H](NC(=O)OC(C)C)C(C)C)C(=O)C(=O)NCc1ccccc1. The van der Waals surface area contributed by atoms with E-state index in [0.29, 0.717) is 6.42 Å². The van der Waals surface area contributed by atoms with Gasteiger partial charge in [0, 0.05) is 13.0 Å². The van der Waals surface area contributed by atoms with Crippen molar-refractivity contribution in [1.82, 2.24) is 21.3 Å². The average molecular weight is 567 g/mol. The maximum Gasteiger partial charge on any atom is 0.408 e. The second-order valence-electron chi connectivity index (χ2n) is 10.5. The minimum Gasteiger partial charge on any atom is -0.447 e. The molecule has 0 aliphatic heterocycles. The number of carbonyl (C=O) groups is 5. The predicted octanol–water partition coefficient (Wildman–Crippen LogP) is 3.04. The van der Waals surface area contributed by atoms with Gasteiger partial charge in [-0.05, 0) is 37.3 Å². The molecule has 0 heterocycles. The molecule has 3 atom stereocenters. The Labute approximate surface area is 242 Å². The number of hydrogen-bond donors (Lipinski definition) is 4. The number of nitrogens with one attached hydrogen (secondary N) is 4. The first-order valence-electron chi connectivity index (χ1n) is 14.0. The molecule has 4 N–H and O–H groups in total. The highest BCUT2D eigenvalue weighted by Gasteiger charge is 2.32. The number of ketones is 1. The molecule has 10 nitrogen and oxygen atoms in total. The second-order valence-corrected chi connectivity index (χ2v) is 10.5. The van der Waals surface area contributed by atoms with Gasteiger partial charge in [-0.1, -0.05) is 87.9 Å². The van der Waals surface area contributed by atoms with Crippen molar-refractivity contribution in [1.29, 1.82) is 0 Å². The summed E-state index contributed by atoms with van der Waals surface area (Å²) in [5.41, 5.74) is 1.61. The molecule has 0 bridgehead atoms. The van der Waals surface area contributed by atoms with Crippen LogP contribution in [0.15, 0.2) is 60.7 Å². The first kappa shape index (κ1) is 33.0. The lowest BCUT2D eigenvalue weighted by molar-refractivity contribution is -0.140. The van der Waals surface area contributed by atoms with Crippen molar-refractivity contribution in [2.24, 2.45) is 5.92 Å². The zero-order valence-corrected chi connectivity index (χ0v) is 24.4. The number of carbonyl (C=O) groups excluding carboxylic acids is 5. The Hall–Kier alpha value is -4.21. The molecular formula is C31H42N4O6. The maximum atomic E-state index is 13.5. The molecule has 0 aliphatic rings. The molecule has 222 valence electrons. The van der Waals surface area contributed by atoms with E-state index < -0.39 is 47.7 Å². The van der Waals surface area contributed by atoms with E-state index in [0.717, 1.165) is 11.1 Å². The van der Waals surface area contributed by atoms with Crippen LogP contribution in [-0.2, 0) is 36.9 Å². The van der Waals surface area contributed by atoms with Gasteiger partial charge < -0.3 is 26.0 Å². The van der Waals surface area contributed by atoms with Crippen LogP contribution in [0.4, 0.5) is 4.79 Å². The van der Waals surface area contributed by atoms with Crippen molar-refractivity contribution in [2.75, 3.05) is 0 Å². The summed E-state index contributed by atoms with van der Waals surface area (Å²) in [5, 5.41) is 10.6. The molecule has 0 fully saturated rings. The monoisotopic (exact) mass is 566 g/mol. The van der Waals surface area contributed by atoms with E-state index in [-0.39, 0.29) is 31.4 Å². The van der Waals surface area contributed by atoms with Crippen molar-refractivity contribution >= 4 is 29.6 Å². The minimum atomic E-state index is -1.08. The number of ether oxygens (including phenoxy) is 1. The number of rotatable bonds is 15. The molecule has 0 saturated heterocycles. The molecule has 0 spiro atoms. The highest BCUT2D eigenvalue weighted by molar-refractivity contribution is 6.38. The Morgan fingerprint density at radius 1 is 0.732 bits per heavy atom. The number of Topliss-reactive ketones (excluding diaryl/α,β-unsaturated/α-hetero) is 1. The molecule has 0 radical (unpaired) electrons. The first-order valence-corrected chi connectivity index (χ1v) is 14.0. The summed E-state index contributed by atoms with van der Waals surface area (Å²) in [6.45, 7) is 8.92. The van der Waals surface area contributed by atoms with Gasteiger partial charge in [-0.25, -0.2) is 4.79 Å². The van der Waals surface area contributed by atoms with Gasteiger partial charge in [-0.15, -0.1) is 0 Å². The standard InChI is InChI=1S/C31H42N4O6/c1-6-13-24(27(36)30(39)32-19-23-16-11-8-12-17-23)33-28(37)25(18-22-14-9-7-10-15-22)34-29(38)26(20(2)3)35-31(40)41-21(4)5/h7-12,14-17,20-21,24-26H,6,13,18-19H2,1-5H3,(H,32,39)(H,33,37)(H,34,38)(H,35,40)/t24-,25-,26-/m0/s1. The zero-order valence-electron chi connectivity index (χ0n) is 24.4.